The summed E-state index contributed by atoms with van der Waals surface area (Å²) in [5.74, 6) is 1.02. The summed E-state index contributed by atoms with van der Waals surface area (Å²) in [7, 11) is 3.45. The molecule has 0 bridgehead atoms. The number of likely N-dealkylation sites (N-methyl/N-ethyl adjacent to an activating group) is 1. The lowest BCUT2D eigenvalue weighted by molar-refractivity contribution is 0.0161. The van der Waals surface area contributed by atoms with Crippen LogP contribution in [0, 0.1) is 5.92 Å². The Bertz CT molecular complexity index is 810. The third kappa shape index (κ3) is 5.78. The minimum atomic E-state index is -0.987. The van der Waals surface area contributed by atoms with Gasteiger partial charge in [0.25, 0.3) is 0 Å². The molecule has 3 atom stereocenters. The number of methoxy groups -OCH3 is 1. The van der Waals surface area contributed by atoms with Gasteiger partial charge < -0.3 is 29.7 Å². The maximum atomic E-state index is 12.6. The lowest BCUT2D eigenvalue weighted by atomic mass is 9.92. The predicted molar refractivity (Wildman–Crippen MR) is 117 cm³/mol. The van der Waals surface area contributed by atoms with Gasteiger partial charge in [-0.15, -0.1) is 0 Å². The molecule has 1 fully saturated rings. The van der Waals surface area contributed by atoms with Gasteiger partial charge in [0.2, 0.25) is 0 Å². The van der Waals surface area contributed by atoms with E-state index >= 15 is 0 Å². The van der Waals surface area contributed by atoms with Crippen LogP contribution in [0.15, 0.2) is 12.1 Å². The molecular formula is C22H34N4O5. The van der Waals surface area contributed by atoms with Crippen molar-refractivity contribution in [2.75, 3.05) is 38.8 Å². The topological polar surface area (TPSA) is 104 Å². The van der Waals surface area contributed by atoms with Gasteiger partial charge in [0, 0.05) is 44.9 Å². The minimum absolute atomic E-state index is 0.0446. The second-order valence-corrected chi connectivity index (χ2v) is 9.44. The monoisotopic (exact) mass is 434 g/mol. The van der Waals surface area contributed by atoms with Crippen LogP contribution in [0.4, 0.5) is 15.4 Å². The Morgan fingerprint density at radius 3 is 2.71 bits per heavy atom. The number of carbonyl (C=O) groups excluding carboxylic acids is 1. The van der Waals surface area contributed by atoms with Crippen molar-refractivity contribution >= 4 is 18.0 Å². The molecule has 172 valence electrons. The quantitative estimate of drug-likeness (QED) is 0.734. The van der Waals surface area contributed by atoms with E-state index in [2.05, 4.69) is 10.2 Å². The average molecular weight is 435 g/mol. The number of carbonyl (C=O) groups is 2. The molecule has 0 saturated carbocycles. The van der Waals surface area contributed by atoms with E-state index in [9.17, 15) is 9.59 Å². The van der Waals surface area contributed by atoms with Crippen molar-refractivity contribution in [3.05, 3.63) is 23.4 Å². The fraction of sp³-hybridized carbons (Fsp3) is 0.682. The summed E-state index contributed by atoms with van der Waals surface area (Å²) in [6, 6.07) is 3.92. The van der Waals surface area contributed by atoms with Crippen LogP contribution >= 0.6 is 0 Å². The van der Waals surface area contributed by atoms with Crippen LogP contribution in [-0.4, -0.2) is 78.7 Å². The SMILES string of the molecule is COCC1CN(c2ccc3c(n2)CC[C@H](NC(=O)O)C3)CC1N(C)C(=O)OC(C)(C)C. The molecule has 1 aliphatic heterocycles. The van der Waals surface area contributed by atoms with Crippen molar-refractivity contribution < 1.29 is 24.2 Å². The number of hydrogen-bond acceptors (Lipinski definition) is 6. The van der Waals surface area contributed by atoms with Crippen LogP contribution < -0.4 is 10.2 Å². The molecule has 1 aromatic rings. The molecular weight excluding hydrogens is 400 g/mol. The molecule has 2 aliphatic rings. The zero-order valence-electron chi connectivity index (χ0n) is 19.1. The van der Waals surface area contributed by atoms with Crippen LogP contribution in [0.3, 0.4) is 0 Å². The second kappa shape index (κ2) is 9.30. The predicted octanol–water partition coefficient (Wildman–Crippen LogP) is 2.52. The van der Waals surface area contributed by atoms with Crippen molar-refractivity contribution in [3.8, 4) is 0 Å². The normalized spacial score (nSPS) is 23.3. The highest BCUT2D eigenvalue weighted by Gasteiger charge is 2.39. The lowest BCUT2D eigenvalue weighted by Crippen LogP contribution is -2.45. The van der Waals surface area contributed by atoms with Gasteiger partial charge in [-0.1, -0.05) is 6.07 Å². The van der Waals surface area contributed by atoms with Gasteiger partial charge in [-0.3, -0.25) is 0 Å². The molecule has 2 heterocycles. The Morgan fingerprint density at radius 1 is 1.32 bits per heavy atom. The first-order chi connectivity index (χ1) is 14.6. The van der Waals surface area contributed by atoms with Gasteiger partial charge in [-0.2, -0.15) is 0 Å². The van der Waals surface area contributed by atoms with Crippen LogP contribution in [0.25, 0.3) is 0 Å². The summed E-state index contributed by atoms with van der Waals surface area (Å²) < 4.78 is 11.0. The largest absolute Gasteiger partial charge is 0.465 e. The highest BCUT2D eigenvalue weighted by molar-refractivity contribution is 5.68. The zero-order chi connectivity index (χ0) is 22.8. The molecule has 9 nitrogen and oxygen atoms in total. The number of rotatable bonds is 5. The Morgan fingerprint density at radius 2 is 2.06 bits per heavy atom. The van der Waals surface area contributed by atoms with E-state index in [0.29, 0.717) is 19.6 Å². The van der Waals surface area contributed by atoms with E-state index in [-0.39, 0.29) is 24.1 Å². The highest BCUT2D eigenvalue weighted by atomic mass is 16.6. The first-order valence-corrected chi connectivity index (χ1v) is 10.8. The molecule has 1 aromatic heterocycles. The molecule has 31 heavy (non-hydrogen) atoms. The molecule has 1 aliphatic carbocycles. The summed E-state index contributed by atoms with van der Waals surface area (Å²) in [4.78, 5) is 32.3. The standard InChI is InChI=1S/C22H34N4O5/c1-22(2,3)31-21(29)25(4)18-12-26(11-15(18)13-30-5)19-9-6-14-10-16(23-20(27)28)7-8-17(14)24-19/h6,9,15-16,18,23H,7-8,10-13H2,1-5H3,(H,27,28)/t15?,16-,18?/m0/s1. The molecule has 0 radical (unpaired) electrons. The number of aromatic nitrogens is 1. The van der Waals surface area contributed by atoms with E-state index < -0.39 is 11.7 Å². The lowest BCUT2D eigenvalue weighted by Gasteiger charge is -2.31. The molecule has 2 amide bonds. The van der Waals surface area contributed by atoms with Crippen LogP contribution in [0.2, 0.25) is 0 Å². The number of anilines is 1. The number of carboxylic acid groups (broad SMARTS) is 1. The Balaban J connectivity index is 1.72. The van der Waals surface area contributed by atoms with Crippen LogP contribution in [-0.2, 0) is 22.3 Å². The molecule has 9 heteroatoms. The summed E-state index contributed by atoms with van der Waals surface area (Å²) in [6.45, 7) is 7.51. The highest BCUT2D eigenvalue weighted by Crippen LogP contribution is 2.29. The molecule has 0 spiro atoms. The fourth-order valence-electron chi connectivity index (χ4n) is 4.40. The third-order valence-electron chi connectivity index (χ3n) is 5.87. The molecule has 1 saturated heterocycles. The van der Waals surface area contributed by atoms with Gasteiger partial charge in [0.1, 0.15) is 11.4 Å². The molecule has 2 unspecified atom stereocenters. The number of pyridine rings is 1. The van der Waals surface area contributed by atoms with Gasteiger partial charge in [0.15, 0.2) is 0 Å². The van der Waals surface area contributed by atoms with E-state index in [1.165, 1.54) is 0 Å². The van der Waals surface area contributed by atoms with E-state index in [4.69, 9.17) is 19.6 Å². The molecule has 2 N–H and O–H groups in total. The third-order valence-corrected chi connectivity index (χ3v) is 5.87. The van der Waals surface area contributed by atoms with Crippen LogP contribution in [0.1, 0.15) is 38.4 Å². The zero-order valence-corrected chi connectivity index (χ0v) is 19.1. The minimum Gasteiger partial charge on any atom is -0.465 e. The van der Waals surface area contributed by atoms with E-state index in [1.807, 2.05) is 32.9 Å². The second-order valence-electron chi connectivity index (χ2n) is 9.44. The van der Waals surface area contributed by atoms with Gasteiger partial charge in [-0.05, 0) is 51.7 Å². The van der Waals surface area contributed by atoms with Crippen molar-refractivity contribution in [2.45, 2.75) is 57.7 Å². The fourth-order valence-corrected chi connectivity index (χ4v) is 4.40. The Kier molecular flexibility index (Phi) is 6.93. The van der Waals surface area contributed by atoms with Crippen molar-refractivity contribution in [3.63, 3.8) is 0 Å². The van der Waals surface area contributed by atoms with E-state index in [1.54, 1.807) is 19.1 Å². The number of ether oxygens (including phenoxy) is 2. The number of fused-ring (bicyclic) bond motifs is 1. The van der Waals surface area contributed by atoms with Gasteiger partial charge >= 0.3 is 12.2 Å². The van der Waals surface area contributed by atoms with Crippen molar-refractivity contribution in [1.82, 2.24) is 15.2 Å². The smallest absolute Gasteiger partial charge is 0.410 e. The Hall–Kier alpha value is -2.55. The number of aryl methyl sites for hydroxylation is 1. The number of hydrogen-bond donors (Lipinski definition) is 2. The maximum absolute atomic E-state index is 12.6. The van der Waals surface area contributed by atoms with Crippen molar-refractivity contribution in [1.29, 1.82) is 0 Å². The number of amides is 2. The summed E-state index contributed by atoms with van der Waals surface area (Å²) in [6.07, 6.45) is 0.817. The average Bonchev–Trinajstić information content (AvgIpc) is 3.09. The number of nitrogens with one attached hydrogen (secondary N) is 1. The summed E-state index contributed by atoms with van der Waals surface area (Å²) in [5, 5.41) is 11.5. The van der Waals surface area contributed by atoms with Crippen LogP contribution in [0.5, 0.6) is 0 Å². The van der Waals surface area contributed by atoms with E-state index in [0.717, 1.165) is 36.5 Å². The summed E-state index contributed by atoms with van der Waals surface area (Å²) >= 11 is 0. The first-order valence-electron chi connectivity index (χ1n) is 10.8. The van der Waals surface area contributed by atoms with Gasteiger partial charge in [0.05, 0.1) is 12.6 Å². The molecule has 3 rings (SSSR count). The maximum Gasteiger partial charge on any atom is 0.410 e. The molecule has 0 aromatic carbocycles. The Labute approximate surface area is 183 Å². The number of nitrogens with zero attached hydrogens (tertiary/aromatic N) is 3. The van der Waals surface area contributed by atoms with Gasteiger partial charge in [-0.25, -0.2) is 14.6 Å². The van der Waals surface area contributed by atoms with Crippen molar-refractivity contribution in [2.24, 2.45) is 5.92 Å². The first kappa shape index (κ1) is 23.1. The summed E-state index contributed by atoms with van der Waals surface area (Å²) in [5.41, 5.74) is 1.56.